The van der Waals surface area contributed by atoms with Crippen LogP contribution in [0.5, 0.6) is 0 Å². The molecule has 1 aromatic rings. The average Bonchev–Trinajstić information content (AvgIpc) is 2.76. The quantitative estimate of drug-likeness (QED) is 0.261. The lowest BCUT2D eigenvalue weighted by molar-refractivity contribution is 0.146. The molecular weight excluding hydrogens is 381 g/mol. The lowest BCUT2D eigenvalue weighted by atomic mass is 9.68. The first kappa shape index (κ1) is 23.4. The van der Waals surface area contributed by atoms with Gasteiger partial charge in [-0.05, 0) is 79.5 Å². The van der Waals surface area contributed by atoms with Crippen molar-refractivity contribution in [2.75, 3.05) is 0 Å². The summed E-state index contributed by atoms with van der Waals surface area (Å²) in [5, 5.41) is 0. The molecule has 3 heteroatoms. The van der Waals surface area contributed by atoms with E-state index < -0.39 is 17.5 Å². The molecule has 0 aromatic heterocycles. The molecule has 0 spiro atoms. The normalized spacial score (nSPS) is 21.5. The van der Waals surface area contributed by atoms with Gasteiger partial charge in [0.15, 0.2) is 17.5 Å². The summed E-state index contributed by atoms with van der Waals surface area (Å²) < 4.78 is 40.2. The molecule has 0 bridgehead atoms. The molecule has 1 fully saturated rings. The molecule has 168 valence electrons. The van der Waals surface area contributed by atoms with Crippen LogP contribution in [0.15, 0.2) is 18.2 Å². The van der Waals surface area contributed by atoms with Crippen LogP contribution in [0, 0.1) is 28.8 Å². The van der Waals surface area contributed by atoms with Gasteiger partial charge in [0.2, 0.25) is 0 Å². The number of rotatable bonds is 10. The van der Waals surface area contributed by atoms with E-state index in [4.69, 9.17) is 0 Å². The molecule has 1 atom stereocenters. The van der Waals surface area contributed by atoms with Crippen molar-refractivity contribution < 1.29 is 13.2 Å². The maximum Gasteiger partial charge on any atom is 0.194 e. The molecule has 2 aliphatic rings. The third-order valence-corrected chi connectivity index (χ3v) is 7.67. The smallest absolute Gasteiger partial charge is 0.194 e. The Bertz CT molecular complexity index is 677. The Morgan fingerprint density at radius 2 is 1.57 bits per heavy atom. The topological polar surface area (TPSA) is 0 Å². The summed E-state index contributed by atoms with van der Waals surface area (Å²) in [6, 6.07) is 2.26. The SMILES string of the molecule is CCCCCC1(CCCCC2CC=C(c3cc(F)c(F)c(F)c3)CC2)CCCCC1. The molecule has 1 unspecified atom stereocenters. The molecule has 0 nitrogen and oxygen atoms in total. The summed E-state index contributed by atoms with van der Waals surface area (Å²) in [5.41, 5.74) is 2.08. The van der Waals surface area contributed by atoms with Crippen LogP contribution in [0.4, 0.5) is 13.2 Å². The van der Waals surface area contributed by atoms with Crippen molar-refractivity contribution in [3.05, 3.63) is 41.2 Å². The van der Waals surface area contributed by atoms with Gasteiger partial charge in [0.05, 0.1) is 0 Å². The predicted molar refractivity (Wildman–Crippen MR) is 120 cm³/mol. The predicted octanol–water partition coefficient (Wildman–Crippen LogP) is 9.38. The molecule has 0 amide bonds. The van der Waals surface area contributed by atoms with E-state index >= 15 is 0 Å². The molecule has 0 saturated heterocycles. The first-order valence-electron chi connectivity index (χ1n) is 12.4. The van der Waals surface area contributed by atoms with Gasteiger partial charge in [-0.2, -0.15) is 0 Å². The highest BCUT2D eigenvalue weighted by Gasteiger charge is 2.30. The molecule has 30 heavy (non-hydrogen) atoms. The molecule has 0 radical (unpaired) electrons. The summed E-state index contributed by atoms with van der Waals surface area (Å²) in [4.78, 5) is 0. The molecule has 0 heterocycles. The molecule has 1 saturated carbocycles. The Hall–Kier alpha value is -1.25. The fourth-order valence-corrected chi connectivity index (χ4v) is 5.76. The monoisotopic (exact) mass is 420 g/mol. The molecular formula is C27H39F3. The highest BCUT2D eigenvalue weighted by atomic mass is 19.2. The van der Waals surface area contributed by atoms with Gasteiger partial charge in [-0.15, -0.1) is 0 Å². The number of halogens is 3. The summed E-state index contributed by atoms with van der Waals surface area (Å²) in [6.07, 6.45) is 22.9. The summed E-state index contributed by atoms with van der Waals surface area (Å²) in [5.74, 6) is -2.89. The second-order valence-corrected chi connectivity index (χ2v) is 9.89. The lowest BCUT2D eigenvalue weighted by Crippen LogP contribution is -2.24. The van der Waals surface area contributed by atoms with E-state index in [1.165, 1.54) is 83.5 Å². The van der Waals surface area contributed by atoms with Gasteiger partial charge in [-0.1, -0.05) is 70.8 Å². The van der Waals surface area contributed by atoms with Gasteiger partial charge in [0.1, 0.15) is 0 Å². The van der Waals surface area contributed by atoms with Gasteiger partial charge < -0.3 is 0 Å². The van der Waals surface area contributed by atoms with Crippen LogP contribution in [0.3, 0.4) is 0 Å². The maximum atomic E-state index is 13.5. The summed E-state index contributed by atoms with van der Waals surface area (Å²) >= 11 is 0. The van der Waals surface area contributed by atoms with Crippen LogP contribution in [0.25, 0.3) is 5.57 Å². The van der Waals surface area contributed by atoms with E-state index in [2.05, 4.69) is 13.0 Å². The minimum absolute atomic E-state index is 0.496. The number of benzene rings is 1. The molecule has 0 aliphatic heterocycles. The first-order chi connectivity index (χ1) is 14.5. The van der Waals surface area contributed by atoms with Crippen LogP contribution >= 0.6 is 0 Å². The fraction of sp³-hybridized carbons (Fsp3) is 0.704. The van der Waals surface area contributed by atoms with Crippen LogP contribution in [-0.4, -0.2) is 0 Å². The Labute approximate surface area is 181 Å². The summed E-state index contributed by atoms with van der Waals surface area (Å²) in [6.45, 7) is 2.29. The van der Waals surface area contributed by atoms with Crippen LogP contribution in [-0.2, 0) is 0 Å². The largest absolute Gasteiger partial charge is 0.204 e. The van der Waals surface area contributed by atoms with Crippen LogP contribution in [0.1, 0.15) is 115 Å². The van der Waals surface area contributed by atoms with Crippen molar-refractivity contribution in [2.24, 2.45) is 11.3 Å². The van der Waals surface area contributed by atoms with E-state index in [-0.39, 0.29) is 0 Å². The van der Waals surface area contributed by atoms with Crippen molar-refractivity contribution in [1.29, 1.82) is 0 Å². The minimum Gasteiger partial charge on any atom is -0.204 e. The zero-order valence-corrected chi connectivity index (χ0v) is 18.8. The van der Waals surface area contributed by atoms with Crippen molar-refractivity contribution in [2.45, 2.75) is 110 Å². The number of hydrogen-bond acceptors (Lipinski definition) is 0. The Balaban J connectivity index is 1.44. The van der Waals surface area contributed by atoms with Crippen molar-refractivity contribution in [3.8, 4) is 0 Å². The minimum atomic E-state index is -1.38. The van der Waals surface area contributed by atoms with Crippen LogP contribution in [0.2, 0.25) is 0 Å². The third-order valence-electron chi connectivity index (χ3n) is 7.67. The van der Waals surface area contributed by atoms with Gasteiger partial charge in [0, 0.05) is 0 Å². The standard InChI is InChI=1S/C27H39F3/c1-2-3-6-15-27(16-7-4-8-17-27)18-9-5-10-21-11-13-22(14-12-21)23-19-24(28)26(30)25(29)20-23/h13,19-21H,2-12,14-18H2,1H3. The highest BCUT2D eigenvalue weighted by Crippen LogP contribution is 2.45. The zero-order valence-electron chi connectivity index (χ0n) is 18.8. The number of unbranched alkanes of at least 4 members (excludes halogenated alkanes) is 3. The number of hydrogen-bond donors (Lipinski definition) is 0. The van der Waals surface area contributed by atoms with Gasteiger partial charge in [0.25, 0.3) is 0 Å². The van der Waals surface area contributed by atoms with E-state index in [1.54, 1.807) is 0 Å². The second kappa shape index (κ2) is 11.4. The van der Waals surface area contributed by atoms with Crippen LogP contribution < -0.4 is 0 Å². The Morgan fingerprint density at radius 1 is 0.900 bits per heavy atom. The van der Waals surface area contributed by atoms with Gasteiger partial charge >= 0.3 is 0 Å². The molecule has 1 aromatic carbocycles. The molecule has 2 aliphatic carbocycles. The molecule has 3 rings (SSSR count). The van der Waals surface area contributed by atoms with E-state index in [1.807, 2.05) is 0 Å². The highest BCUT2D eigenvalue weighted by molar-refractivity contribution is 5.66. The Morgan fingerprint density at radius 3 is 2.17 bits per heavy atom. The van der Waals surface area contributed by atoms with Gasteiger partial charge in [-0.25, -0.2) is 13.2 Å². The maximum absolute atomic E-state index is 13.5. The first-order valence-corrected chi connectivity index (χ1v) is 12.4. The average molecular weight is 421 g/mol. The molecule has 0 N–H and O–H groups in total. The van der Waals surface area contributed by atoms with E-state index in [0.717, 1.165) is 37.0 Å². The van der Waals surface area contributed by atoms with E-state index in [9.17, 15) is 13.2 Å². The van der Waals surface area contributed by atoms with Crippen molar-refractivity contribution in [3.63, 3.8) is 0 Å². The second-order valence-electron chi connectivity index (χ2n) is 9.89. The Kier molecular flexibility index (Phi) is 8.89. The summed E-state index contributed by atoms with van der Waals surface area (Å²) in [7, 11) is 0. The third kappa shape index (κ3) is 6.37. The van der Waals surface area contributed by atoms with Crippen molar-refractivity contribution in [1.82, 2.24) is 0 Å². The fourth-order valence-electron chi connectivity index (χ4n) is 5.76. The van der Waals surface area contributed by atoms with Gasteiger partial charge in [-0.3, -0.25) is 0 Å². The van der Waals surface area contributed by atoms with Crippen molar-refractivity contribution >= 4 is 5.57 Å². The van der Waals surface area contributed by atoms with E-state index in [0.29, 0.717) is 16.9 Å². The number of allylic oxidation sites excluding steroid dienone is 2. The zero-order chi connectivity index (χ0) is 21.4. The lowest BCUT2D eigenvalue weighted by Gasteiger charge is -2.38.